The molecule has 0 radical (unpaired) electrons. The SMILES string of the molecule is CCCCCCC(CCCCCC)N1C(=O)c2ccc3c4c(N5CCOCC5)cc5c6c(ccc(c7c(N8CCOCC8)cc(c2c37)C1=O)c64)C(=O)N(C(CCCCCC)CCCCCC)C5=O. The van der Waals surface area contributed by atoms with Gasteiger partial charge in [-0.3, -0.25) is 29.0 Å². The third kappa shape index (κ3) is 8.98. The highest BCUT2D eigenvalue weighted by Gasteiger charge is 2.42. The van der Waals surface area contributed by atoms with Crippen molar-refractivity contribution in [2.75, 3.05) is 62.4 Å². The topological polar surface area (TPSA) is 99.7 Å². The van der Waals surface area contributed by atoms with Gasteiger partial charge in [0.1, 0.15) is 0 Å². The summed E-state index contributed by atoms with van der Waals surface area (Å²) in [5, 5.41) is 7.04. The largest absolute Gasteiger partial charge is 0.378 e. The summed E-state index contributed by atoms with van der Waals surface area (Å²) in [6.07, 6.45) is 20.6. The third-order valence-electron chi connectivity index (χ3n) is 15.9. The van der Waals surface area contributed by atoms with Crippen LogP contribution in [-0.2, 0) is 9.47 Å². The van der Waals surface area contributed by atoms with Gasteiger partial charge in [0.2, 0.25) is 0 Å². The highest BCUT2D eigenvalue weighted by atomic mass is 16.5. The van der Waals surface area contributed by atoms with Crippen molar-refractivity contribution in [1.29, 1.82) is 0 Å². The molecule has 0 bridgehead atoms. The number of nitrogens with zero attached hydrogens (tertiary/aromatic N) is 4. The molecule has 0 saturated carbocycles. The second-order valence-corrected chi connectivity index (χ2v) is 20.3. The summed E-state index contributed by atoms with van der Waals surface area (Å²) in [7, 11) is 0. The number of anilines is 2. The Bertz CT molecular complexity index is 2420. The van der Waals surface area contributed by atoms with Gasteiger partial charge in [0.05, 0.1) is 37.6 Å². The molecule has 10 nitrogen and oxygen atoms in total. The minimum atomic E-state index is -0.199. The van der Waals surface area contributed by atoms with Crippen LogP contribution < -0.4 is 9.80 Å². The average molecular weight is 925 g/mol. The maximum Gasteiger partial charge on any atom is 0.261 e. The van der Waals surface area contributed by atoms with E-state index in [1.807, 2.05) is 12.1 Å². The maximum atomic E-state index is 15.4. The summed E-state index contributed by atoms with van der Waals surface area (Å²) < 4.78 is 11.8. The van der Waals surface area contributed by atoms with Crippen molar-refractivity contribution < 1.29 is 28.7 Å². The van der Waals surface area contributed by atoms with Crippen LogP contribution in [0.4, 0.5) is 11.4 Å². The Morgan fingerprint density at radius 1 is 0.397 bits per heavy atom. The zero-order valence-corrected chi connectivity index (χ0v) is 41.7. The van der Waals surface area contributed by atoms with Crippen molar-refractivity contribution >= 4 is 78.1 Å². The average Bonchev–Trinajstić information content (AvgIpc) is 3.36. The van der Waals surface area contributed by atoms with E-state index in [4.69, 9.17) is 9.47 Å². The first-order valence-electron chi connectivity index (χ1n) is 27.0. The fourth-order valence-electron chi connectivity index (χ4n) is 12.3. The van der Waals surface area contributed by atoms with Gasteiger partial charge in [0.25, 0.3) is 23.6 Å². The lowest BCUT2D eigenvalue weighted by Crippen LogP contribution is -2.47. The molecule has 2 saturated heterocycles. The minimum absolute atomic E-state index is 0.169. The lowest BCUT2D eigenvalue weighted by Gasteiger charge is -2.38. The van der Waals surface area contributed by atoms with E-state index < -0.39 is 0 Å². The quantitative estimate of drug-likeness (QED) is 0.0261. The van der Waals surface area contributed by atoms with E-state index in [1.165, 1.54) is 0 Å². The minimum Gasteiger partial charge on any atom is -0.378 e. The number of hydrogen-bond acceptors (Lipinski definition) is 8. The highest BCUT2D eigenvalue weighted by Crippen LogP contribution is 2.52. The Balaban J connectivity index is 1.27. The smallest absolute Gasteiger partial charge is 0.261 e. The van der Waals surface area contributed by atoms with Crippen LogP contribution in [0.3, 0.4) is 0 Å². The van der Waals surface area contributed by atoms with Gasteiger partial charge in [-0.1, -0.05) is 143 Å². The fraction of sp³-hybridized carbons (Fsp3) is 0.586. The number of ether oxygens (including phenoxy) is 2. The summed E-state index contributed by atoms with van der Waals surface area (Å²) in [5.74, 6) is -0.794. The molecule has 9 rings (SSSR count). The van der Waals surface area contributed by atoms with E-state index in [9.17, 15) is 0 Å². The van der Waals surface area contributed by atoms with E-state index in [0.29, 0.717) is 74.9 Å². The van der Waals surface area contributed by atoms with Crippen molar-refractivity contribution in [2.45, 2.75) is 168 Å². The normalized spacial score (nSPS) is 16.8. The van der Waals surface area contributed by atoms with E-state index >= 15 is 19.2 Å². The van der Waals surface area contributed by atoms with E-state index in [1.54, 1.807) is 9.80 Å². The number of unbranched alkanes of at least 4 members (excludes halogenated alkanes) is 12. The number of fused-ring (bicyclic) bond motifs is 2. The molecule has 4 heterocycles. The molecule has 5 aromatic carbocycles. The van der Waals surface area contributed by atoms with Gasteiger partial charge >= 0.3 is 0 Å². The number of benzene rings is 5. The summed E-state index contributed by atoms with van der Waals surface area (Å²) >= 11 is 0. The van der Waals surface area contributed by atoms with Gasteiger partial charge < -0.3 is 19.3 Å². The molecular weight excluding hydrogens is 849 g/mol. The number of morpholine rings is 2. The number of carbonyl (C=O) groups is 4. The lowest BCUT2D eigenvalue weighted by molar-refractivity contribution is 0.0501. The van der Waals surface area contributed by atoms with Gasteiger partial charge in [-0.25, -0.2) is 0 Å². The predicted molar refractivity (Wildman–Crippen MR) is 277 cm³/mol. The standard InChI is InChI=1S/C58H76N4O6/c1-5-9-13-17-21-39(22-18-14-10-6-2)61-55(63)43-27-25-41-52-48(60-31-35-68-36-32-60)38-46-50-44(56(64)62(58(46)66)40(23-19-15-11-7-3)24-20-16-12-8-4)28-26-42(54(50)52)51-47(59-29-33-67-34-30-59)37-45(57(61)65)49(43)53(41)51/h25-28,37-40H,5-24,29-36H2,1-4H3. The molecule has 0 N–H and O–H groups in total. The summed E-state index contributed by atoms with van der Waals surface area (Å²) in [5.41, 5.74) is 4.20. The summed E-state index contributed by atoms with van der Waals surface area (Å²) in [6, 6.07) is 12.0. The van der Waals surface area contributed by atoms with Gasteiger partial charge in [0, 0.05) is 93.1 Å². The summed E-state index contributed by atoms with van der Waals surface area (Å²) in [4.78, 5) is 69.1. The maximum absolute atomic E-state index is 15.4. The molecule has 4 amide bonds. The second kappa shape index (κ2) is 21.9. The van der Waals surface area contributed by atoms with Crippen LogP contribution in [0.1, 0.15) is 198 Å². The van der Waals surface area contributed by atoms with E-state index in [0.717, 1.165) is 183 Å². The van der Waals surface area contributed by atoms with Crippen LogP contribution in [0.15, 0.2) is 36.4 Å². The number of rotatable bonds is 24. The predicted octanol–water partition coefficient (Wildman–Crippen LogP) is 13.2. The molecule has 4 aliphatic heterocycles. The van der Waals surface area contributed by atoms with E-state index in [2.05, 4.69) is 61.8 Å². The number of carbonyl (C=O) groups excluding carboxylic acids is 4. The molecule has 0 spiro atoms. The van der Waals surface area contributed by atoms with Crippen molar-refractivity contribution in [1.82, 2.24) is 9.80 Å². The monoisotopic (exact) mass is 925 g/mol. The third-order valence-corrected chi connectivity index (χ3v) is 15.9. The van der Waals surface area contributed by atoms with Crippen LogP contribution in [-0.4, -0.2) is 98.1 Å². The molecule has 0 atom stereocenters. The number of imide groups is 2. The Hall–Kier alpha value is -4.80. The molecule has 10 heteroatoms. The lowest BCUT2D eigenvalue weighted by atomic mass is 9.80. The molecule has 0 unspecified atom stereocenters. The molecule has 4 aliphatic rings. The van der Waals surface area contributed by atoms with Crippen molar-refractivity contribution in [2.24, 2.45) is 0 Å². The van der Waals surface area contributed by atoms with Crippen LogP contribution in [0.5, 0.6) is 0 Å². The van der Waals surface area contributed by atoms with Gasteiger partial charge in [-0.2, -0.15) is 0 Å². The molecule has 2 fully saturated rings. The molecular formula is C58H76N4O6. The van der Waals surface area contributed by atoms with Crippen molar-refractivity contribution in [3.8, 4) is 0 Å². The Morgan fingerprint density at radius 2 is 0.721 bits per heavy atom. The molecule has 5 aromatic rings. The van der Waals surface area contributed by atoms with Crippen LogP contribution in [0.2, 0.25) is 0 Å². The first kappa shape index (κ1) is 48.2. The zero-order valence-electron chi connectivity index (χ0n) is 41.7. The number of hydrogen-bond donors (Lipinski definition) is 0. The molecule has 68 heavy (non-hydrogen) atoms. The van der Waals surface area contributed by atoms with Crippen LogP contribution in [0, 0.1) is 0 Å². The van der Waals surface area contributed by atoms with Gasteiger partial charge in [-0.15, -0.1) is 0 Å². The zero-order chi connectivity index (χ0) is 47.3. The molecule has 0 aromatic heterocycles. The van der Waals surface area contributed by atoms with Gasteiger partial charge in [0.15, 0.2) is 0 Å². The van der Waals surface area contributed by atoms with Crippen molar-refractivity contribution in [3.05, 3.63) is 58.7 Å². The molecule has 0 aliphatic carbocycles. The van der Waals surface area contributed by atoms with Gasteiger partial charge in [-0.05, 0) is 60.7 Å². The highest BCUT2D eigenvalue weighted by molar-refractivity contribution is 6.44. The van der Waals surface area contributed by atoms with Crippen LogP contribution in [0.25, 0.3) is 43.1 Å². The first-order valence-corrected chi connectivity index (χ1v) is 27.0. The van der Waals surface area contributed by atoms with Crippen LogP contribution >= 0.6 is 0 Å². The number of amides is 4. The Kier molecular flexibility index (Phi) is 15.5. The Labute approximate surface area is 404 Å². The second-order valence-electron chi connectivity index (χ2n) is 20.3. The van der Waals surface area contributed by atoms with E-state index in [-0.39, 0.29) is 35.7 Å². The Morgan fingerprint density at radius 3 is 1.04 bits per heavy atom. The first-order chi connectivity index (χ1) is 33.3. The fourth-order valence-corrected chi connectivity index (χ4v) is 12.3. The molecule has 364 valence electrons. The van der Waals surface area contributed by atoms with Crippen molar-refractivity contribution in [3.63, 3.8) is 0 Å². The summed E-state index contributed by atoms with van der Waals surface area (Å²) in [6.45, 7) is 13.7.